The van der Waals surface area contributed by atoms with E-state index in [2.05, 4.69) is 0 Å². The first kappa shape index (κ1) is 15.7. The van der Waals surface area contributed by atoms with Gasteiger partial charge in [-0.15, -0.1) is 0 Å². The summed E-state index contributed by atoms with van der Waals surface area (Å²) in [6, 6.07) is 7.85. The molecule has 1 amide bonds. The van der Waals surface area contributed by atoms with Gasteiger partial charge in [-0.25, -0.2) is 0 Å². The normalized spacial score (nSPS) is 26.8. The van der Waals surface area contributed by atoms with Crippen LogP contribution in [0.1, 0.15) is 35.9 Å². The van der Waals surface area contributed by atoms with Crippen molar-refractivity contribution in [1.29, 1.82) is 0 Å². The maximum absolute atomic E-state index is 13.2. The van der Waals surface area contributed by atoms with Gasteiger partial charge in [-0.05, 0) is 32.8 Å². The molecule has 1 aromatic carbocycles. The number of benzene rings is 1. The molecule has 1 saturated heterocycles. The molecule has 3 atom stereocenters. The van der Waals surface area contributed by atoms with Crippen LogP contribution in [0.15, 0.2) is 28.7 Å². The lowest BCUT2D eigenvalue weighted by Gasteiger charge is -2.30. The van der Waals surface area contributed by atoms with Crippen LogP contribution in [0.3, 0.4) is 0 Å². The van der Waals surface area contributed by atoms with E-state index in [1.807, 2.05) is 43.0 Å². The molecule has 1 aliphatic carbocycles. The number of carbonyl (C=O) groups is 1. The Balaban J connectivity index is 1.68. The molecule has 0 N–H and O–H groups in total. The Hall–Kier alpha value is -1.85. The summed E-state index contributed by atoms with van der Waals surface area (Å²) in [6.07, 6.45) is 1.93. The second-order valence-corrected chi connectivity index (χ2v) is 6.52. The van der Waals surface area contributed by atoms with Gasteiger partial charge in [0, 0.05) is 24.1 Å². The molecule has 2 heterocycles. The SMILES string of the molecule is CCOC1C2CCC1N(C(=O)c1oc3ccccc3c1C)CCO2. The molecule has 2 fully saturated rings. The predicted molar refractivity (Wildman–Crippen MR) is 90.2 cm³/mol. The Bertz CT molecular complexity index is 753. The monoisotopic (exact) mass is 329 g/mol. The molecule has 3 unspecified atom stereocenters. The number of furan rings is 1. The minimum absolute atomic E-state index is 0.0360. The summed E-state index contributed by atoms with van der Waals surface area (Å²) in [4.78, 5) is 15.1. The number of aryl methyl sites for hydroxylation is 1. The van der Waals surface area contributed by atoms with Crippen LogP contribution in [0.5, 0.6) is 0 Å². The highest BCUT2D eigenvalue weighted by Crippen LogP contribution is 2.34. The molecular formula is C19H23NO4. The van der Waals surface area contributed by atoms with Crippen molar-refractivity contribution in [3.63, 3.8) is 0 Å². The van der Waals surface area contributed by atoms with Gasteiger partial charge in [0.15, 0.2) is 5.76 Å². The highest BCUT2D eigenvalue weighted by Gasteiger charge is 2.45. The summed E-state index contributed by atoms with van der Waals surface area (Å²) in [5, 5.41) is 0.998. The lowest BCUT2D eigenvalue weighted by Crippen LogP contribution is -2.46. The third kappa shape index (κ3) is 2.43. The van der Waals surface area contributed by atoms with Crippen LogP contribution in [0, 0.1) is 6.92 Å². The van der Waals surface area contributed by atoms with E-state index in [9.17, 15) is 4.79 Å². The zero-order chi connectivity index (χ0) is 16.7. The van der Waals surface area contributed by atoms with Crippen molar-refractivity contribution in [2.45, 2.75) is 44.9 Å². The van der Waals surface area contributed by atoms with E-state index in [4.69, 9.17) is 13.9 Å². The van der Waals surface area contributed by atoms with Gasteiger partial charge in [0.1, 0.15) is 11.7 Å². The predicted octanol–water partition coefficient (Wildman–Crippen LogP) is 3.15. The smallest absolute Gasteiger partial charge is 0.290 e. The summed E-state index contributed by atoms with van der Waals surface area (Å²) in [7, 11) is 0. The molecule has 2 bridgehead atoms. The van der Waals surface area contributed by atoms with Crippen LogP contribution in [-0.4, -0.2) is 48.8 Å². The van der Waals surface area contributed by atoms with Gasteiger partial charge in [0.2, 0.25) is 0 Å². The van der Waals surface area contributed by atoms with Gasteiger partial charge in [0.25, 0.3) is 5.91 Å². The number of fused-ring (bicyclic) bond motifs is 3. The fourth-order valence-electron chi connectivity index (χ4n) is 4.06. The van der Waals surface area contributed by atoms with Crippen molar-refractivity contribution >= 4 is 16.9 Å². The summed E-state index contributed by atoms with van der Waals surface area (Å²) in [5.74, 6) is 0.390. The first-order valence-corrected chi connectivity index (χ1v) is 8.73. The van der Waals surface area contributed by atoms with Crippen LogP contribution in [-0.2, 0) is 9.47 Å². The Morgan fingerprint density at radius 1 is 1.33 bits per heavy atom. The average molecular weight is 329 g/mol. The van der Waals surface area contributed by atoms with Crippen molar-refractivity contribution in [2.75, 3.05) is 19.8 Å². The molecular weight excluding hydrogens is 306 g/mol. The number of rotatable bonds is 3. The van der Waals surface area contributed by atoms with Crippen molar-refractivity contribution in [3.8, 4) is 0 Å². The first-order chi connectivity index (χ1) is 11.7. The van der Waals surface area contributed by atoms with E-state index in [-0.39, 0.29) is 24.2 Å². The lowest BCUT2D eigenvalue weighted by molar-refractivity contribution is -0.0485. The largest absolute Gasteiger partial charge is 0.451 e. The quantitative estimate of drug-likeness (QED) is 0.868. The van der Waals surface area contributed by atoms with Gasteiger partial charge < -0.3 is 18.8 Å². The minimum atomic E-state index is -0.0513. The Morgan fingerprint density at radius 3 is 2.96 bits per heavy atom. The maximum atomic E-state index is 13.2. The molecule has 1 aliphatic heterocycles. The van der Waals surface area contributed by atoms with Gasteiger partial charge in [-0.2, -0.15) is 0 Å². The van der Waals surface area contributed by atoms with E-state index in [1.54, 1.807) is 0 Å². The fourth-order valence-corrected chi connectivity index (χ4v) is 4.06. The van der Waals surface area contributed by atoms with Crippen LogP contribution in [0.4, 0.5) is 0 Å². The molecule has 4 rings (SSSR count). The van der Waals surface area contributed by atoms with E-state index >= 15 is 0 Å². The van der Waals surface area contributed by atoms with Gasteiger partial charge >= 0.3 is 0 Å². The van der Waals surface area contributed by atoms with Crippen molar-refractivity contribution in [3.05, 3.63) is 35.6 Å². The third-order valence-electron chi connectivity index (χ3n) is 5.21. The standard InChI is InChI=1S/C19H23NO4/c1-3-22-18-14-8-9-16(18)23-11-10-20(14)19(21)17-12(2)13-6-4-5-7-15(13)24-17/h4-7,14,16,18H,3,8-11H2,1-2H3. The Morgan fingerprint density at radius 2 is 2.17 bits per heavy atom. The van der Waals surface area contributed by atoms with E-state index in [0.29, 0.717) is 25.5 Å². The molecule has 128 valence electrons. The maximum Gasteiger partial charge on any atom is 0.290 e. The van der Waals surface area contributed by atoms with Crippen molar-refractivity contribution < 1.29 is 18.7 Å². The molecule has 1 aromatic heterocycles. The number of ether oxygens (including phenoxy) is 2. The molecule has 0 spiro atoms. The minimum Gasteiger partial charge on any atom is -0.451 e. The van der Waals surface area contributed by atoms with Crippen molar-refractivity contribution in [1.82, 2.24) is 4.90 Å². The molecule has 24 heavy (non-hydrogen) atoms. The van der Waals surface area contributed by atoms with E-state index in [0.717, 1.165) is 29.4 Å². The number of carbonyl (C=O) groups excluding carboxylic acids is 1. The lowest BCUT2D eigenvalue weighted by atomic mass is 10.1. The number of hydrogen-bond acceptors (Lipinski definition) is 4. The molecule has 0 radical (unpaired) electrons. The van der Waals surface area contributed by atoms with Crippen LogP contribution < -0.4 is 0 Å². The molecule has 5 nitrogen and oxygen atoms in total. The number of hydrogen-bond donors (Lipinski definition) is 0. The van der Waals surface area contributed by atoms with E-state index < -0.39 is 0 Å². The number of nitrogens with zero attached hydrogens (tertiary/aromatic N) is 1. The molecule has 2 aromatic rings. The average Bonchev–Trinajstić information content (AvgIpc) is 3.06. The second-order valence-electron chi connectivity index (χ2n) is 6.52. The highest BCUT2D eigenvalue weighted by atomic mass is 16.5. The third-order valence-corrected chi connectivity index (χ3v) is 5.21. The number of para-hydroxylation sites is 1. The highest BCUT2D eigenvalue weighted by molar-refractivity contribution is 5.99. The Labute approximate surface area is 141 Å². The van der Waals surface area contributed by atoms with Gasteiger partial charge in [-0.3, -0.25) is 4.79 Å². The molecule has 1 saturated carbocycles. The fraction of sp³-hybridized carbons (Fsp3) is 0.526. The Kier molecular flexibility index (Phi) is 4.06. The van der Waals surface area contributed by atoms with Crippen molar-refractivity contribution in [2.24, 2.45) is 0 Å². The van der Waals surface area contributed by atoms with Gasteiger partial charge in [-0.1, -0.05) is 18.2 Å². The van der Waals surface area contributed by atoms with Gasteiger partial charge in [0.05, 0.1) is 18.8 Å². The first-order valence-electron chi connectivity index (χ1n) is 8.73. The van der Waals surface area contributed by atoms with Crippen LogP contribution in [0.2, 0.25) is 0 Å². The summed E-state index contributed by atoms with van der Waals surface area (Å²) in [6.45, 7) is 5.70. The molecule has 5 heteroatoms. The second kappa shape index (κ2) is 6.22. The van der Waals surface area contributed by atoms with E-state index in [1.165, 1.54) is 0 Å². The summed E-state index contributed by atoms with van der Waals surface area (Å²) in [5.41, 5.74) is 1.67. The van der Waals surface area contributed by atoms with Crippen LogP contribution in [0.25, 0.3) is 11.0 Å². The molecule has 2 aliphatic rings. The zero-order valence-electron chi connectivity index (χ0n) is 14.2. The topological polar surface area (TPSA) is 51.9 Å². The van der Waals surface area contributed by atoms with Crippen LogP contribution >= 0.6 is 0 Å². The zero-order valence-corrected chi connectivity index (χ0v) is 14.2. The summed E-state index contributed by atoms with van der Waals surface area (Å²) < 4.78 is 17.7. The summed E-state index contributed by atoms with van der Waals surface area (Å²) >= 11 is 0. The number of amides is 1.